The van der Waals surface area contributed by atoms with Gasteiger partial charge in [0.1, 0.15) is 0 Å². The summed E-state index contributed by atoms with van der Waals surface area (Å²) >= 11 is 0. The van der Waals surface area contributed by atoms with E-state index in [1.165, 1.54) is 107 Å². The van der Waals surface area contributed by atoms with Crippen LogP contribution < -0.4 is 41.5 Å². The van der Waals surface area contributed by atoms with Crippen molar-refractivity contribution in [3.8, 4) is 33.6 Å². The first-order chi connectivity index (χ1) is 37.7. The summed E-state index contributed by atoms with van der Waals surface area (Å²) in [4.78, 5) is 0. The van der Waals surface area contributed by atoms with E-state index in [-0.39, 0.29) is 0 Å². The molecule has 0 saturated heterocycles. The van der Waals surface area contributed by atoms with Gasteiger partial charge in [0.2, 0.25) is 0 Å². The molecule has 1 aliphatic rings. The van der Waals surface area contributed by atoms with E-state index >= 15 is 0 Å². The van der Waals surface area contributed by atoms with E-state index in [2.05, 4.69) is 312 Å². The molecule has 1 aliphatic heterocycles. The summed E-state index contributed by atoms with van der Waals surface area (Å²) < 4.78 is 4.98. The van der Waals surface area contributed by atoms with E-state index < -0.39 is 16.1 Å². The number of para-hydroxylation sites is 2. The van der Waals surface area contributed by atoms with E-state index in [4.69, 9.17) is 0 Å². The van der Waals surface area contributed by atoms with E-state index in [0.717, 1.165) is 11.4 Å². The molecule has 0 atom stereocenters. The first-order valence-electron chi connectivity index (χ1n) is 26.4. The third-order valence-corrected chi connectivity index (χ3v) is 26.2. The Labute approximate surface area is 444 Å². The van der Waals surface area contributed by atoms with Crippen LogP contribution in [0.4, 0.5) is 0 Å². The molecule has 0 radical (unpaired) electrons. The quantitative estimate of drug-likeness (QED) is 0.101. The first-order valence-corrected chi connectivity index (χ1v) is 30.4. The Morgan fingerprint density at radius 3 is 1.33 bits per heavy atom. The Morgan fingerprint density at radius 1 is 0.250 bits per heavy atom. The van der Waals surface area contributed by atoms with Crippen LogP contribution in [0.1, 0.15) is 0 Å². The predicted octanol–water partition coefficient (Wildman–Crippen LogP) is 12.3. The zero-order valence-corrected chi connectivity index (χ0v) is 43.8. The fraction of sp³-hybridized carbons (Fsp3) is 0. The predicted molar refractivity (Wildman–Crippen MR) is 327 cm³/mol. The average molecular weight is 999 g/mol. The number of rotatable bonds is 9. The number of hydrogen-bond acceptors (Lipinski definition) is 0. The number of nitrogens with zero attached hydrogens (tertiary/aromatic N) is 2. The molecule has 356 valence electrons. The van der Waals surface area contributed by atoms with Crippen molar-refractivity contribution in [3.63, 3.8) is 0 Å². The highest BCUT2D eigenvalue weighted by molar-refractivity contribution is 7.22. The highest BCUT2D eigenvalue weighted by atomic mass is 28.3. The van der Waals surface area contributed by atoms with Crippen molar-refractivity contribution in [2.45, 2.75) is 0 Å². The molecule has 0 bridgehead atoms. The molecule has 2 nitrogen and oxygen atoms in total. The topological polar surface area (TPSA) is 9.86 Å². The normalized spacial score (nSPS) is 12.8. The standard InChI is InChI=1S/C72H50N2Si2/c1-6-24-55(25-7-1)75(56-26-8-2-9-27-56,57-28-10-3-11-29-57)60-34-22-23-53(49-60)74-67-38-19-16-35-61(67)63-44-43-54(50-70(63)74)73-68-39-20-17-36-62(68)65-47-51(41-45-69(65)73)52-42-46-72-66(48-52)64-37-18-21-40-71(64)76(72,58-30-12-4-13-31-58)59-32-14-5-15-33-59/h1-50H. The Bertz CT molecular complexity index is 4370. The van der Waals surface area contributed by atoms with Crippen LogP contribution in [0.15, 0.2) is 303 Å². The lowest BCUT2D eigenvalue weighted by molar-refractivity contribution is 1.16. The molecule has 0 N–H and O–H groups in total. The van der Waals surface area contributed by atoms with Gasteiger partial charge in [0.15, 0.2) is 16.1 Å². The maximum atomic E-state index is 2.50. The molecule has 14 aromatic rings. The lowest BCUT2D eigenvalue weighted by atomic mass is 9.98. The summed E-state index contributed by atoms with van der Waals surface area (Å²) in [5.74, 6) is 0. The maximum Gasteiger partial charge on any atom is 0.180 e. The van der Waals surface area contributed by atoms with Crippen LogP contribution in [0.2, 0.25) is 0 Å². The van der Waals surface area contributed by atoms with Gasteiger partial charge in [-0.3, -0.25) is 0 Å². The lowest BCUT2D eigenvalue weighted by Gasteiger charge is -2.34. The number of benzene rings is 12. The van der Waals surface area contributed by atoms with Crippen molar-refractivity contribution < 1.29 is 0 Å². The van der Waals surface area contributed by atoms with Gasteiger partial charge in [-0.25, -0.2) is 0 Å². The largest absolute Gasteiger partial charge is 0.309 e. The molecule has 4 heteroatoms. The van der Waals surface area contributed by atoms with Gasteiger partial charge in [-0.2, -0.15) is 0 Å². The van der Waals surface area contributed by atoms with Gasteiger partial charge in [0.05, 0.1) is 22.1 Å². The molecule has 0 spiro atoms. The van der Waals surface area contributed by atoms with Crippen molar-refractivity contribution in [2.24, 2.45) is 0 Å². The number of fused-ring (bicyclic) bond motifs is 9. The first kappa shape index (κ1) is 44.2. The third kappa shape index (κ3) is 6.51. The average Bonchev–Trinajstić information content (AvgIpc) is 4.27. The SMILES string of the molecule is c1ccc([Si](c2ccccc2)(c2ccccc2)c2cccc(-n3c4ccccc4c4ccc(-n5c6ccccc6c6cc(-c7ccc8c(c7)-c7ccccc7[Si]8(c7ccccc7)c7ccccc7)ccc65)cc43)c2)cc1. The van der Waals surface area contributed by atoms with Gasteiger partial charge in [-0.15, -0.1) is 0 Å². The minimum Gasteiger partial charge on any atom is -0.309 e. The van der Waals surface area contributed by atoms with Gasteiger partial charge in [-0.05, 0) is 118 Å². The van der Waals surface area contributed by atoms with Crippen molar-refractivity contribution in [1.82, 2.24) is 9.13 Å². The summed E-state index contributed by atoms with van der Waals surface area (Å²) in [5.41, 5.74) is 12.1. The molecule has 2 aromatic heterocycles. The monoisotopic (exact) mass is 998 g/mol. The van der Waals surface area contributed by atoms with Gasteiger partial charge >= 0.3 is 0 Å². The Hall–Kier alpha value is -9.33. The number of hydrogen-bond donors (Lipinski definition) is 0. The molecular weight excluding hydrogens is 949 g/mol. The molecule has 76 heavy (non-hydrogen) atoms. The molecule has 0 saturated carbocycles. The van der Waals surface area contributed by atoms with E-state index in [0.29, 0.717) is 0 Å². The van der Waals surface area contributed by atoms with Crippen molar-refractivity contribution in [3.05, 3.63) is 303 Å². The van der Waals surface area contributed by atoms with Gasteiger partial charge in [0, 0.05) is 32.9 Å². The molecule has 0 amide bonds. The van der Waals surface area contributed by atoms with Crippen LogP contribution in [0.5, 0.6) is 0 Å². The molecule has 3 heterocycles. The molecule has 15 rings (SSSR count). The van der Waals surface area contributed by atoms with Gasteiger partial charge < -0.3 is 9.13 Å². The van der Waals surface area contributed by atoms with Crippen LogP contribution in [0.3, 0.4) is 0 Å². The van der Waals surface area contributed by atoms with Gasteiger partial charge in [0.25, 0.3) is 0 Å². The Kier molecular flexibility index (Phi) is 10.3. The molecule has 0 aliphatic carbocycles. The van der Waals surface area contributed by atoms with Crippen LogP contribution in [0.25, 0.3) is 77.2 Å². The van der Waals surface area contributed by atoms with Gasteiger partial charge in [-0.1, -0.05) is 249 Å². The molecule has 12 aromatic carbocycles. The smallest absolute Gasteiger partial charge is 0.180 e. The molecule has 0 fully saturated rings. The third-order valence-electron chi connectivity index (χ3n) is 16.5. The van der Waals surface area contributed by atoms with E-state index in [1.54, 1.807) is 0 Å². The summed E-state index contributed by atoms with van der Waals surface area (Å²) in [6.07, 6.45) is 0. The zero-order chi connectivity index (χ0) is 50.2. The summed E-state index contributed by atoms with van der Waals surface area (Å²) in [5, 5.41) is 16.1. The van der Waals surface area contributed by atoms with E-state index in [1.807, 2.05) is 0 Å². The second-order valence-corrected chi connectivity index (χ2v) is 27.9. The van der Waals surface area contributed by atoms with Crippen molar-refractivity contribution in [2.75, 3.05) is 0 Å². The Balaban J connectivity index is 0.898. The fourth-order valence-electron chi connectivity index (χ4n) is 13.4. The lowest BCUT2D eigenvalue weighted by Crippen LogP contribution is -2.74. The second kappa shape index (κ2) is 17.7. The van der Waals surface area contributed by atoms with E-state index in [9.17, 15) is 0 Å². The maximum absolute atomic E-state index is 2.80. The van der Waals surface area contributed by atoms with Crippen LogP contribution >= 0.6 is 0 Å². The van der Waals surface area contributed by atoms with Crippen molar-refractivity contribution in [1.29, 1.82) is 0 Å². The Morgan fingerprint density at radius 2 is 0.697 bits per heavy atom. The van der Waals surface area contributed by atoms with Crippen LogP contribution in [-0.4, -0.2) is 25.3 Å². The van der Waals surface area contributed by atoms with Crippen molar-refractivity contribution >= 4 is 101 Å². The minimum atomic E-state index is -2.80. The summed E-state index contributed by atoms with van der Waals surface area (Å²) in [6, 6.07) is 114. The molecular formula is C72H50N2Si2. The van der Waals surface area contributed by atoms with Crippen LogP contribution in [0, 0.1) is 0 Å². The highest BCUT2D eigenvalue weighted by Crippen LogP contribution is 2.39. The second-order valence-electron chi connectivity index (χ2n) is 20.3. The minimum absolute atomic E-state index is 1.13. The zero-order valence-electron chi connectivity index (χ0n) is 41.8. The fourth-order valence-corrected chi connectivity index (χ4v) is 23.3. The highest BCUT2D eigenvalue weighted by Gasteiger charge is 2.48. The summed E-state index contributed by atoms with van der Waals surface area (Å²) in [7, 11) is -5.37. The molecule has 0 unspecified atom stereocenters. The van der Waals surface area contributed by atoms with Crippen LogP contribution in [-0.2, 0) is 0 Å². The number of aromatic nitrogens is 2. The summed E-state index contributed by atoms with van der Waals surface area (Å²) in [6.45, 7) is 0.